The lowest BCUT2D eigenvalue weighted by molar-refractivity contribution is -0.118. The molecule has 2 aliphatic heterocycles. The molecule has 1 amide bonds. The SMILES string of the molecule is CC(C)C(NC(=O)C1=CC=CN2CCS(=O)(=O)N=C12)c1ccc(C(C)(C)C)cc1. The van der Waals surface area contributed by atoms with Gasteiger partial charge in [0.05, 0.1) is 17.4 Å². The standard InChI is InChI=1S/C22H29N3O3S/c1-15(2)19(16-8-10-17(11-9-16)22(3,4)5)23-21(26)18-7-6-12-25-13-14-29(27,28)24-20(18)25/h6-12,15,19H,13-14H2,1-5H3,(H,23,26). The zero-order valence-electron chi connectivity index (χ0n) is 17.6. The molecule has 0 saturated carbocycles. The molecule has 0 radical (unpaired) electrons. The number of amidine groups is 1. The molecule has 1 atom stereocenters. The van der Waals surface area contributed by atoms with Crippen molar-refractivity contribution in [2.24, 2.45) is 10.3 Å². The molecule has 0 aromatic heterocycles. The third-order valence-electron chi connectivity index (χ3n) is 5.19. The van der Waals surface area contributed by atoms with Crippen molar-refractivity contribution < 1.29 is 13.2 Å². The van der Waals surface area contributed by atoms with E-state index >= 15 is 0 Å². The van der Waals surface area contributed by atoms with E-state index in [1.807, 2.05) is 13.8 Å². The molecular formula is C22H29N3O3S. The van der Waals surface area contributed by atoms with Gasteiger partial charge in [0.15, 0.2) is 5.84 Å². The van der Waals surface area contributed by atoms with Crippen LogP contribution in [0.25, 0.3) is 0 Å². The minimum atomic E-state index is -3.54. The molecule has 1 N–H and O–H groups in total. The molecule has 1 aromatic carbocycles. The molecule has 0 aliphatic carbocycles. The van der Waals surface area contributed by atoms with Gasteiger partial charge in [-0.3, -0.25) is 4.79 Å². The molecule has 0 spiro atoms. The zero-order chi connectivity index (χ0) is 21.4. The normalized spacial score (nSPS) is 19.3. The van der Waals surface area contributed by atoms with Gasteiger partial charge in [0.25, 0.3) is 15.9 Å². The van der Waals surface area contributed by atoms with Crippen molar-refractivity contribution in [2.75, 3.05) is 12.3 Å². The number of nitrogens with one attached hydrogen (secondary N) is 1. The second-order valence-corrected chi connectivity index (χ2v) is 10.6. The maximum absolute atomic E-state index is 13.1. The van der Waals surface area contributed by atoms with E-state index in [0.29, 0.717) is 6.54 Å². The molecule has 1 aromatic rings. The van der Waals surface area contributed by atoms with Gasteiger partial charge < -0.3 is 10.2 Å². The maximum atomic E-state index is 13.1. The lowest BCUT2D eigenvalue weighted by atomic mass is 9.85. The zero-order valence-corrected chi connectivity index (χ0v) is 18.5. The van der Waals surface area contributed by atoms with Crippen LogP contribution in [-0.2, 0) is 20.2 Å². The fraction of sp³-hybridized carbons (Fsp3) is 0.455. The monoisotopic (exact) mass is 415 g/mol. The number of benzene rings is 1. The highest BCUT2D eigenvalue weighted by atomic mass is 32.2. The molecule has 3 rings (SSSR count). The van der Waals surface area contributed by atoms with E-state index in [4.69, 9.17) is 0 Å². The van der Waals surface area contributed by atoms with Gasteiger partial charge in [-0.25, -0.2) is 8.42 Å². The summed E-state index contributed by atoms with van der Waals surface area (Å²) in [6, 6.07) is 8.10. The molecule has 29 heavy (non-hydrogen) atoms. The summed E-state index contributed by atoms with van der Waals surface area (Å²) in [5, 5.41) is 3.08. The Bertz CT molecular complexity index is 981. The second kappa shape index (κ2) is 7.78. The van der Waals surface area contributed by atoms with Gasteiger partial charge in [-0.05, 0) is 34.6 Å². The highest BCUT2D eigenvalue weighted by Gasteiger charge is 2.31. The van der Waals surface area contributed by atoms with E-state index in [1.54, 1.807) is 23.3 Å². The topological polar surface area (TPSA) is 78.8 Å². The van der Waals surface area contributed by atoms with Crippen LogP contribution >= 0.6 is 0 Å². The van der Waals surface area contributed by atoms with Crippen molar-refractivity contribution in [3.8, 4) is 0 Å². The fourth-order valence-electron chi connectivity index (χ4n) is 3.44. The van der Waals surface area contributed by atoms with Crippen LogP contribution in [0.5, 0.6) is 0 Å². The molecule has 0 bridgehead atoms. The number of hydrogen-bond acceptors (Lipinski definition) is 4. The smallest absolute Gasteiger partial charge is 0.256 e. The van der Waals surface area contributed by atoms with E-state index in [2.05, 4.69) is 54.8 Å². The van der Waals surface area contributed by atoms with Crippen LogP contribution in [0.15, 0.2) is 52.6 Å². The number of hydrogen-bond donors (Lipinski definition) is 1. The number of rotatable bonds is 4. The number of carbonyl (C=O) groups is 1. The molecule has 1 unspecified atom stereocenters. The average molecular weight is 416 g/mol. The Kier molecular flexibility index (Phi) is 5.72. The van der Waals surface area contributed by atoms with Crippen LogP contribution in [0.3, 0.4) is 0 Å². The van der Waals surface area contributed by atoms with Crippen molar-refractivity contribution in [2.45, 2.75) is 46.1 Å². The quantitative estimate of drug-likeness (QED) is 0.818. The van der Waals surface area contributed by atoms with Crippen LogP contribution in [0.1, 0.15) is 51.8 Å². The van der Waals surface area contributed by atoms with Gasteiger partial charge >= 0.3 is 0 Å². The molecule has 0 fully saturated rings. The van der Waals surface area contributed by atoms with Crippen LogP contribution in [-0.4, -0.2) is 37.4 Å². The summed E-state index contributed by atoms with van der Waals surface area (Å²) in [5.74, 6) is -0.0206. The first-order valence-electron chi connectivity index (χ1n) is 9.87. The first-order valence-corrected chi connectivity index (χ1v) is 11.5. The highest BCUT2D eigenvalue weighted by Crippen LogP contribution is 2.27. The lowest BCUT2D eigenvalue weighted by Crippen LogP contribution is -2.43. The molecular weight excluding hydrogens is 386 g/mol. The molecule has 2 heterocycles. The van der Waals surface area contributed by atoms with E-state index in [9.17, 15) is 13.2 Å². The third kappa shape index (κ3) is 4.78. The van der Waals surface area contributed by atoms with Gasteiger partial charge in [0.2, 0.25) is 0 Å². The maximum Gasteiger partial charge on any atom is 0.256 e. The Morgan fingerprint density at radius 2 is 1.83 bits per heavy atom. The van der Waals surface area contributed by atoms with Crippen molar-refractivity contribution in [3.05, 3.63) is 59.3 Å². The molecule has 6 nitrogen and oxygen atoms in total. The summed E-state index contributed by atoms with van der Waals surface area (Å²) in [5.41, 5.74) is 2.58. The summed E-state index contributed by atoms with van der Waals surface area (Å²) in [7, 11) is -3.54. The summed E-state index contributed by atoms with van der Waals surface area (Å²) in [6.45, 7) is 10.9. The number of sulfonamides is 1. The van der Waals surface area contributed by atoms with Gasteiger partial charge in [-0.15, -0.1) is 4.40 Å². The van der Waals surface area contributed by atoms with E-state index in [-0.39, 0.29) is 40.4 Å². The van der Waals surface area contributed by atoms with Crippen LogP contribution in [0, 0.1) is 5.92 Å². The van der Waals surface area contributed by atoms with Crippen molar-refractivity contribution in [1.29, 1.82) is 0 Å². The van der Waals surface area contributed by atoms with E-state index in [1.165, 1.54) is 5.56 Å². The van der Waals surface area contributed by atoms with E-state index in [0.717, 1.165) is 5.56 Å². The largest absolute Gasteiger partial charge is 0.345 e. The Hall–Kier alpha value is -2.41. The number of fused-ring (bicyclic) bond motifs is 1. The summed E-state index contributed by atoms with van der Waals surface area (Å²) < 4.78 is 27.7. The minimum Gasteiger partial charge on any atom is -0.345 e. The molecule has 0 saturated heterocycles. The van der Waals surface area contributed by atoms with Gasteiger partial charge in [0, 0.05) is 12.7 Å². The van der Waals surface area contributed by atoms with Crippen molar-refractivity contribution in [1.82, 2.24) is 10.2 Å². The average Bonchev–Trinajstić information content (AvgIpc) is 2.64. The number of nitrogens with zero attached hydrogens (tertiary/aromatic N) is 2. The van der Waals surface area contributed by atoms with Crippen LogP contribution < -0.4 is 5.32 Å². The van der Waals surface area contributed by atoms with Crippen molar-refractivity contribution in [3.63, 3.8) is 0 Å². The minimum absolute atomic E-state index is 0.0511. The Labute approximate surface area is 173 Å². The summed E-state index contributed by atoms with van der Waals surface area (Å²) in [6.07, 6.45) is 5.11. The van der Waals surface area contributed by atoms with Gasteiger partial charge in [0.1, 0.15) is 0 Å². The molecule has 7 heteroatoms. The van der Waals surface area contributed by atoms with Gasteiger partial charge in [-0.2, -0.15) is 0 Å². The number of carbonyl (C=O) groups excluding carboxylic acids is 1. The first kappa shape index (κ1) is 21.3. The van der Waals surface area contributed by atoms with E-state index < -0.39 is 10.0 Å². The predicted octanol–water partition coefficient (Wildman–Crippen LogP) is 3.30. The Balaban J connectivity index is 1.86. The number of allylic oxidation sites excluding steroid dienone is 2. The predicted molar refractivity (Wildman–Crippen MR) is 116 cm³/mol. The summed E-state index contributed by atoms with van der Waals surface area (Å²) >= 11 is 0. The second-order valence-electron chi connectivity index (χ2n) is 8.88. The molecule has 2 aliphatic rings. The Morgan fingerprint density at radius 1 is 1.17 bits per heavy atom. The van der Waals surface area contributed by atoms with Crippen LogP contribution in [0.4, 0.5) is 0 Å². The Morgan fingerprint density at radius 3 is 2.41 bits per heavy atom. The van der Waals surface area contributed by atoms with Crippen LogP contribution in [0.2, 0.25) is 0 Å². The first-order chi connectivity index (χ1) is 13.5. The lowest BCUT2D eigenvalue weighted by Gasteiger charge is -2.30. The highest BCUT2D eigenvalue weighted by molar-refractivity contribution is 7.90. The third-order valence-corrected chi connectivity index (χ3v) is 6.34. The molecule has 156 valence electrons. The van der Waals surface area contributed by atoms with Gasteiger partial charge in [-0.1, -0.05) is 58.9 Å². The summed E-state index contributed by atoms with van der Waals surface area (Å²) in [4.78, 5) is 14.8. The number of amides is 1. The fourth-order valence-corrected chi connectivity index (χ4v) is 4.42. The van der Waals surface area contributed by atoms with Crippen molar-refractivity contribution >= 4 is 21.8 Å².